The molecule has 0 spiro atoms. The lowest BCUT2D eigenvalue weighted by Gasteiger charge is -2.37. The molecule has 0 unspecified atom stereocenters. The van der Waals surface area contributed by atoms with Crippen LogP contribution in [0, 0.1) is 10.8 Å². The average molecular weight is 245 g/mol. The molecule has 0 N–H and O–H groups in total. The maximum absolute atomic E-state index is 12.3. The van der Waals surface area contributed by atoms with Crippen molar-refractivity contribution in [2.24, 2.45) is 10.8 Å². The summed E-state index contributed by atoms with van der Waals surface area (Å²) in [5.41, 5.74) is -0.473. The lowest BCUT2D eigenvalue weighted by Crippen LogP contribution is -2.37. The second kappa shape index (κ2) is 3.91. The van der Waals surface area contributed by atoms with Gasteiger partial charge in [-0.2, -0.15) is 0 Å². The maximum Gasteiger partial charge on any atom is 0.180 e. The van der Waals surface area contributed by atoms with Crippen LogP contribution in [0.15, 0.2) is 11.4 Å². The fourth-order valence-electron chi connectivity index (χ4n) is 1.08. The molecule has 0 aliphatic rings. The normalized spacial score (nSPS) is 12.9. The SMILES string of the molecule is CC(C)(C)C(C)(C)C(=O)c1sccc1Cl. The van der Waals surface area contributed by atoms with E-state index in [1.54, 1.807) is 6.07 Å². The van der Waals surface area contributed by atoms with E-state index in [1.807, 2.05) is 19.2 Å². The summed E-state index contributed by atoms with van der Waals surface area (Å²) in [7, 11) is 0. The van der Waals surface area contributed by atoms with Crippen LogP contribution in [-0.4, -0.2) is 5.78 Å². The maximum atomic E-state index is 12.3. The van der Waals surface area contributed by atoms with E-state index in [9.17, 15) is 4.79 Å². The molecule has 0 aromatic carbocycles. The van der Waals surface area contributed by atoms with Crippen molar-refractivity contribution < 1.29 is 4.79 Å². The second-order valence-corrected chi connectivity index (χ2v) is 6.63. The largest absolute Gasteiger partial charge is 0.293 e. The molecule has 0 fully saturated rings. The zero-order chi connectivity index (χ0) is 11.9. The summed E-state index contributed by atoms with van der Waals surface area (Å²) < 4.78 is 0. The van der Waals surface area contributed by atoms with Crippen molar-refractivity contribution >= 4 is 28.7 Å². The molecule has 0 amide bonds. The van der Waals surface area contributed by atoms with E-state index in [1.165, 1.54) is 11.3 Å². The Labute approximate surface area is 100 Å². The van der Waals surface area contributed by atoms with E-state index in [-0.39, 0.29) is 11.2 Å². The first-order chi connectivity index (χ1) is 6.68. The number of hydrogen-bond donors (Lipinski definition) is 0. The molecule has 1 heterocycles. The Morgan fingerprint density at radius 1 is 1.27 bits per heavy atom. The van der Waals surface area contributed by atoms with Crippen molar-refractivity contribution in [3.63, 3.8) is 0 Å². The van der Waals surface area contributed by atoms with Crippen LogP contribution in [0.25, 0.3) is 0 Å². The summed E-state index contributed by atoms with van der Waals surface area (Å²) in [4.78, 5) is 13.0. The number of thiophene rings is 1. The molecule has 0 atom stereocenters. The van der Waals surface area contributed by atoms with E-state index >= 15 is 0 Å². The number of carbonyl (C=O) groups excluding carboxylic acids is 1. The Kier molecular flexibility index (Phi) is 3.32. The van der Waals surface area contributed by atoms with Gasteiger partial charge in [0.2, 0.25) is 0 Å². The van der Waals surface area contributed by atoms with Gasteiger partial charge in [0, 0.05) is 5.41 Å². The molecule has 1 nitrogen and oxygen atoms in total. The van der Waals surface area contributed by atoms with Gasteiger partial charge in [-0.15, -0.1) is 11.3 Å². The summed E-state index contributed by atoms with van der Waals surface area (Å²) in [6.07, 6.45) is 0. The highest BCUT2D eigenvalue weighted by Gasteiger charge is 2.41. The Hall–Kier alpha value is -0.340. The van der Waals surface area contributed by atoms with Crippen LogP contribution in [0.5, 0.6) is 0 Å². The molecular weight excluding hydrogens is 228 g/mol. The zero-order valence-corrected chi connectivity index (χ0v) is 11.4. The van der Waals surface area contributed by atoms with Gasteiger partial charge in [0.1, 0.15) is 0 Å². The first-order valence-electron chi connectivity index (χ1n) is 4.95. The van der Waals surface area contributed by atoms with Crippen LogP contribution in [0.1, 0.15) is 44.3 Å². The summed E-state index contributed by atoms with van der Waals surface area (Å²) in [5.74, 6) is 0.134. The van der Waals surface area contributed by atoms with Crippen LogP contribution in [0.2, 0.25) is 5.02 Å². The van der Waals surface area contributed by atoms with Gasteiger partial charge < -0.3 is 0 Å². The monoisotopic (exact) mass is 244 g/mol. The first kappa shape index (κ1) is 12.7. The van der Waals surface area contributed by atoms with Gasteiger partial charge in [-0.1, -0.05) is 46.2 Å². The lowest BCUT2D eigenvalue weighted by atomic mass is 9.66. The predicted molar refractivity (Wildman–Crippen MR) is 66.9 cm³/mol. The van der Waals surface area contributed by atoms with E-state index in [2.05, 4.69) is 20.8 Å². The van der Waals surface area contributed by atoms with Crippen molar-refractivity contribution in [1.82, 2.24) is 0 Å². The van der Waals surface area contributed by atoms with E-state index in [0.717, 1.165) is 0 Å². The quantitative estimate of drug-likeness (QED) is 0.692. The predicted octanol–water partition coefficient (Wildman–Crippen LogP) is 4.66. The van der Waals surface area contributed by atoms with Crippen molar-refractivity contribution in [1.29, 1.82) is 0 Å². The summed E-state index contributed by atoms with van der Waals surface area (Å²) in [6, 6.07) is 1.78. The highest BCUT2D eigenvalue weighted by Crippen LogP contribution is 2.42. The number of rotatable bonds is 2. The molecule has 15 heavy (non-hydrogen) atoms. The standard InChI is InChI=1S/C12H17ClOS/c1-11(2,3)12(4,5)10(14)9-8(13)6-7-15-9/h6-7H,1-5H3. The third-order valence-electron chi connectivity index (χ3n) is 3.27. The van der Waals surface area contributed by atoms with Gasteiger partial charge in [-0.05, 0) is 16.9 Å². The molecule has 3 heteroatoms. The van der Waals surface area contributed by atoms with Crippen LogP contribution < -0.4 is 0 Å². The number of halogens is 1. The molecule has 0 aliphatic heterocycles. The Bertz CT molecular complexity index is 371. The molecule has 1 rings (SSSR count). The summed E-state index contributed by atoms with van der Waals surface area (Å²) in [6.45, 7) is 10.2. The molecule has 84 valence electrons. The third kappa shape index (κ3) is 2.26. The van der Waals surface area contributed by atoms with E-state index in [4.69, 9.17) is 11.6 Å². The fraction of sp³-hybridized carbons (Fsp3) is 0.583. The summed E-state index contributed by atoms with van der Waals surface area (Å²) >= 11 is 7.40. The molecular formula is C12H17ClOS. The minimum Gasteiger partial charge on any atom is -0.293 e. The van der Waals surface area contributed by atoms with Crippen LogP contribution in [-0.2, 0) is 0 Å². The Balaban J connectivity index is 3.11. The molecule has 1 aromatic heterocycles. The van der Waals surface area contributed by atoms with Gasteiger partial charge in [0.25, 0.3) is 0 Å². The fourth-order valence-corrected chi connectivity index (χ4v) is 2.32. The second-order valence-electron chi connectivity index (χ2n) is 5.30. The molecule has 1 aromatic rings. The molecule has 0 saturated heterocycles. The smallest absolute Gasteiger partial charge is 0.180 e. The van der Waals surface area contributed by atoms with Crippen molar-refractivity contribution in [2.75, 3.05) is 0 Å². The number of ketones is 1. The number of carbonyl (C=O) groups is 1. The summed E-state index contributed by atoms with van der Waals surface area (Å²) in [5, 5.41) is 2.43. The van der Waals surface area contributed by atoms with Crippen molar-refractivity contribution in [3.05, 3.63) is 21.3 Å². The van der Waals surface area contributed by atoms with Gasteiger partial charge in [0.15, 0.2) is 5.78 Å². The minimum absolute atomic E-state index is 0.0720. The van der Waals surface area contributed by atoms with Gasteiger partial charge in [-0.25, -0.2) is 0 Å². The van der Waals surface area contributed by atoms with Gasteiger partial charge in [0.05, 0.1) is 9.90 Å². The minimum atomic E-state index is -0.401. The molecule has 0 bridgehead atoms. The highest BCUT2D eigenvalue weighted by molar-refractivity contribution is 7.12. The topological polar surface area (TPSA) is 17.1 Å². The van der Waals surface area contributed by atoms with E-state index in [0.29, 0.717) is 9.90 Å². The number of hydrogen-bond acceptors (Lipinski definition) is 2. The van der Waals surface area contributed by atoms with Gasteiger partial charge >= 0.3 is 0 Å². The lowest BCUT2D eigenvalue weighted by molar-refractivity contribution is 0.0630. The first-order valence-corrected chi connectivity index (χ1v) is 6.21. The van der Waals surface area contributed by atoms with Crippen LogP contribution in [0.4, 0.5) is 0 Å². The Morgan fingerprint density at radius 2 is 1.80 bits per heavy atom. The Morgan fingerprint density at radius 3 is 2.13 bits per heavy atom. The van der Waals surface area contributed by atoms with Crippen molar-refractivity contribution in [2.45, 2.75) is 34.6 Å². The van der Waals surface area contributed by atoms with Crippen molar-refractivity contribution in [3.8, 4) is 0 Å². The van der Waals surface area contributed by atoms with Crippen LogP contribution in [0.3, 0.4) is 0 Å². The van der Waals surface area contributed by atoms with Crippen LogP contribution >= 0.6 is 22.9 Å². The number of Topliss-reactive ketones (excluding diaryl/α,β-unsaturated/α-hetero) is 1. The third-order valence-corrected chi connectivity index (χ3v) is 4.61. The molecule has 0 saturated carbocycles. The molecule has 0 aliphatic carbocycles. The zero-order valence-electron chi connectivity index (χ0n) is 9.85. The average Bonchev–Trinajstić information content (AvgIpc) is 2.48. The highest BCUT2D eigenvalue weighted by atomic mass is 35.5. The molecule has 0 radical (unpaired) electrons. The van der Waals surface area contributed by atoms with Gasteiger partial charge in [-0.3, -0.25) is 4.79 Å². The van der Waals surface area contributed by atoms with E-state index < -0.39 is 5.41 Å².